The Morgan fingerprint density at radius 2 is 2.00 bits per heavy atom. The maximum absolute atomic E-state index is 14.5. The molecule has 5 nitrogen and oxygen atoms in total. The third-order valence-electron chi connectivity index (χ3n) is 5.80. The molecule has 0 spiro atoms. The molecule has 1 N–H and O–H groups in total. The van der Waals surface area contributed by atoms with E-state index in [9.17, 15) is 9.18 Å². The summed E-state index contributed by atoms with van der Waals surface area (Å²) in [6.45, 7) is 1.31. The van der Waals surface area contributed by atoms with E-state index >= 15 is 0 Å². The van der Waals surface area contributed by atoms with Crippen LogP contribution in [0.5, 0.6) is 0 Å². The molecule has 2 aromatic carbocycles. The van der Waals surface area contributed by atoms with Crippen molar-refractivity contribution in [1.82, 2.24) is 20.4 Å². The highest BCUT2D eigenvalue weighted by Gasteiger charge is 2.32. The minimum Gasteiger partial charge on any atom is -0.337 e. The van der Waals surface area contributed by atoms with Gasteiger partial charge in [-0.3, -0.25) is 4.79 Å². The molecule has 1 saturated carbocycles. The molecule has 0 bridgehead atoms. The van der Waals surface area contributed by atoms with Crippen LogP contribution in [0.3, 0.4) is 0 Å². The minimum absolute atomic E-state index is 0.141. The van der Waals surface area contributed by atoms with E-state index in [1.165, 1.54) is 18.9 Å². The average molecular weight is 390 g/mol. The van der Waals surface area contributed by atoms with Gasteiger partial charge in [-0.15, -0.1) is 0 Å². The lowest BCUT2D eigenvalue weighted by Crippen LogP contribution is -2.36. The molecule has 1 aliphatic heterocycles. The zero-order valence-corrected chi connectivity index (χ0v) is 16.1. The average Bonchev–Trinajstić information content (AvgIpc) is 3.43. The summed E-state index contributed by atoms with van der Waals surface area (Å²) in [5.74, 6) is -0.699. The molecule has 29 heavy (non-hydrogen) atoms. The fourth-order valence-corrected chi connectivity index (χ4v) is 4.09. The van der Waals surface area contributed by atoms with Gasteiger partial charge in [0.25, 0.3) is 5.91 Å². The lowest BCUT2D eigenvalue weighted by molar-refractivity contribution is 0.0784. The number of fused-ring (bicyclic) bond motifs is 1. The Morgan fingerprint density at radius 1 is 1.14 bits per heavy atom. The predicted octanol–water partition coefficient (Wildman–Crippen LogP) is 3.33. The monoisotopic (exact) mass is 390 g/mol. The number of rotatable bonds is 5. The van der Waals surface area contributed by atoms with Crippen molar-refractivity contribution in [2.75, 3.05) is 13.1 Å². The van der Waals surface area contributed by atoms with Crippen molar-refractivity contribution in [1.29, 1.82) is 0 Å². The number of nitrogens with zero attached hydrogens (tertiary/aromatic N) is 3. The van der Waals surface area contributed by atoms with Gasteiger partial charge < -0.3 is 10.2 Å². The normalized spacial score (nSPS) is 19.1. The maximum Gasteiger partial charge on any atom is 0.256 e. The standard InChI is InChI=1S/C23H23FN4O/c24-21-8-5-15(12-22-19-4-2-1-3-16(19)13-25-27-22)11-20(21)23(29)28-10-9-18(14-28)26-17-6-7-17/h1-5,8,11,13,17-18,26H,6-7,9-10,12,14H2/t18-/m1/s1. The van der Waals surface area contributed by atoms with E-state index in [0.29, 0.717) is 31.6 Å². The van der Waals surface area contributed by atoms with Gasteiger partial charge >= 0.3 is 0 Å². The van der Waals surface area contributed by atoms with Crippen molar-refractivity contribution in [3.8, 4) is 0 Å². The molecule has 5 rings (SSSR count). The number of hydrogen-bond donors (Lipinski definition) is 1. The van der Waals surface area contributed by atoms with Gasteiger partial charge in [-0.25, -0.2) is 4.39 Å². The number of aromatic nitrogens is 2. The number of amides is 1. The summed E-state index contributed by atoms with van der Waals surface area (Å²) in [5, 5.41) is 13.9. The maximum atomic E-state index is 14.5. The van der Waals surface area contributed by atoms with Crippen molar-refractivity contribution in [3.05, 3.63) is 71.3 Å². The van der Waals surface area contributed by atoms with Crippen molar-refractivity contribution in [3.63, 3.8) is 0 Å². The second-order valence-electron chi connectivity index (χ2n) is 8.05. The van der Waals surface area contributed by atoms with Crippen LogP contribution in [0.4, 0.5) is 4.39 Å². The molecule has 2 heterocycles. The zero-order valence-electron chi connectivity index (χ0n) is 16.1. The molecule has 0 radical (unpaired) electrons. The number of benzene rings is 2. The van der Waals surface area contributed by atoms with Crippen LogP contribution in [-0.2, 0) is 6.42 Å². The Bertz CT molecular complexity index is 1060. The highest BCUT2D eigenvalue weighted by molar-refractivity contribution is 5.95. The second-order valence-corrected chi connectivity index (χ2v) is 8.05. The largest absolute Gasteiger partial charge is 0.337 e. The molecule has 1 saturated heterocycles. The molecule has 3 aromatic rings. The lowest BCUT2D eigenvalue weighted by Gasteiger charge is -2.18. The summed E-state index contributed by atoms with van der Waals surface area (Å²) in [6.07, 6.45) is 5.60. The van der Waals surface area contributed by atoms with E-state index in [4.69, 9.17) is 0 Å². The van der Waals surface area contributed by atoms with Crippen molar-refractivity contribution < 1.29 is 9.18 Å². The summed E-state index contributed by atoms with van der Waals surface area (Å²) in [4.78, 5) is 14.7. The third-order valence-corrected chi connectivity index (χ3v) is 5.80. The fraction of sp³-hybridized carbons (Fsp3) is 0.348. The first kappa shape index (κ1) is 18.2. The second kappa shape index (κ2) is 7.52. The molecule has 6 heteroatoms. The Hall–Kier alpha value is -2.86. The van der Waals surface area contributed by atoms with Gasteiger partial charge in [0.15, 0.2) is 0 Å². The van der Waals surface area contributed by atoms with Crippen LogP contribution in [0.1, 0.15) is 40.9 Å². The van der Waals surface area contributed by atoms with Crippen molar-refractivity contribution in [2.24, 2.45) is 0 Å². The summed E-state index contributed by atoms with van der Waals surface area (Å²) in [5.41, 5.74) is 1.82. The summed E-state index contributed by atoms with van der Waals surface area (Å²) in [6, 6.07) is 13.6. The lowest BCUT2D eigenvalue weighted by atomic mass is 10.0. The minimum atomic E-state index is -0.471. The van der Waals surface area contributed by atoms with Crippen LogP contribution < -0.4 is 5.32 Å². The van der Waals surface area contributed by atoms with Gasteiger partial charge in [0.2, 0.25) is 0 Å². The molecule has 148 valence electrons. The Balaban J connectivity index is 1.36. The van der Waals surface area contributed by atoms with Gasteiger partial charge in [-0.2, -0.15) is 10.2 Å². The first-order valence-corrected chi connectivity index (χ1v) is 10.2. The smallest absolute Gasteiger partial charge is 0.256 e. The van der Waals surface area contributed by atoms with Crippen LogP contribution in [0.15, 0.2) is 48.7 Å². The number of hydrogen-bond acceptors (Lipinski definition) is 4. The van der Waals surface area contributed by atoms with Gasteiger partial charge in [-0.05, 0) is 37.0 Å². The van der Waals surface area contributed by atoms with Gasteiger partial charge in [0.1, 0.15) is 5.82 Å². The molecule has 2 fully saturated rings. The first-order chi connectivity index (χ1) is 14.2. The summed E-state index contributed by atoms with van der Waals surface area (Å²) >= 11 is 0. The fourth-order valence-electron chi connectivity index (χ4n) is 4.09. The zero-order chi connectivity index (χ0) is 19.8. The van der Waals surface area contributed by atoms with Gasteiger partial charge in [0, 0.05) is 42.4 Å². The van der Waals surface area contributed by atoms with Crippen LogP contribution in [0.2, 0.25) is 0 Å². The highest BCUT2D eigenvalue weighted by Crippen LogP contribution is 2.24. The first-order valence-electron chi connectivity index (χ1n) is 10.2. The molecular weight excluding hydrogens is 367 g/mol. The van der Waals surface area contributed by atoms with E-state index in [1.54, 1.807) is 23.2 Å². The molecule has 2 aliphatic rings. The van der Waals surface area contributed by atoms with Crippen LogP contribution in [-0.4, -0.2) is 46.2 Å². The molecule has 1 aromatic heterocycles. The Kier molecular flexibility index (Phi) is 4.72. The molecule has 0 unspecified atom stereocenters. The van der Waals surface area contributed by atoms with Gasteiger partial charge in [0.05, 0.1) is 17.5 Å². The van der Waals surface area contributed by atoms with E-state index in [-0.39, 0.29) is 11.5 Å². The van der Waals surface area contributed by atoms with E-state index < -0.39 is 5.82 Å². The molecule has 1 aliphatic carbocycles. The number of halogens is 1. The van der Waals surface area contributed by atoms with Crippen LogP contribution in [0, 0.1) is 5.82 Å². The van der Waals surface area contributed by atoms with E-state index in [0.717, 1.165) is 28.5 Å². The van der Waals surface area contributed by atoms with Gasteiger partial charge in [-0.1, -0.05) is 30.3 Å². The predicted molar refractivity (Wildman–Crippen MR) is 109 cm³/mol. The number of carbonyl (C=O) groups is 1. The summed E-state index contributed by atoms with van der Waals surface area (Å²) in [7, 11) is 0. The highest BCUT2D eigenvalue weighted by atomic mass is 19.1. The Morgan fingerprint density at radius 3 is 2.86 bits per heavy atom. The van der Waals surface area contributed by atoms with Crippen molar-refractivity contribution >= 4 is 16.7 Å². The Labute approximate surface area is 168 Å². The number of carbonyl (C=O) groups excluding carboxylic acids is 1. The third kappa shape index (κ3) is 3.85. The number of likely N-dealkylation sites (tertiary alicyclic amines) is 1. The van der Waals surface area contributed by atoms with Crippen LogP contribution in [0.25, 0.3) is 10.8 Å². The molecular formula is C23H23FN4O. The number of nitrogens with one attached hydrogen (secondary N) is 1. The molecule has 1 amide bonds. The van der Waals surface area contributed by atoms with E-state index in [2.05, 4.69) is 15.5 Å². The summed E-state index contributed by atoms with van der Waals surface area (Å²) < 4.78 is 14.5. The quantitative estimate of drug-likeness (QED) is 0.726. The van der Waals surface area contributed by atoms with E-state index in [1.807, 2.05) is 24.3 Å². The molecule has 1 atom stereocenters. The topological polar surface area (TPSA) is 58.1 Å². The van der Waals surface area contributed by atoms with Crippen LogP contribution >= 0.6 is 0 Å². The van der Waals surface area contributed by atoms with Crippen molar-refractivity contribution in [2.45, 2.75) is 37.8 Å². The SMILES string of the molecule is O=C(c1cc(Cc2nncc3ccccc23)ccc1F)N1CC[C@@H](NC2CC2)C1.